The second kappa shape index (κ2) is 6.28. The molecule has 2 atom stereocenters. The third-order valence-corrected chi connectivity index (χ3v) is 1.51. The first-order valence-corrected chi connectivity index (χ1v) is 4.02. The number of carbonyl (C=O) groups excluding carboxylic acids is 2. The van der Waals surface area contributed by atoms with E-state index in [-0.39, 0.29) is 0 Å². The van der Waals surface area contributed by atoms with Gasteiger partial charge in [-0.15, -0.1) is 0 Å². The number of rotatable bonds is 5. The standard InChI is InChI=1S/C8H12F2O4/c1-5(13-7(11)3-9)6(2)14-8(12)4-10/h5-6H,3-4H2,1-2H3. The van der Waals surface area contributed by atoms with E-state index in [9.17, 15) is 18.4 Å². The zero-order valence-corrected chi connectivity index (χ0v) is 7.96. The molecule has 0 heterocycles. The molecule has 0 aromatic carbocycles. The molecule has 0 aromatic heterocycles. The molecular formula is C8H12F2O4. The zero-order valence-electron chi connectivity index (χ0n) is 7.96. The number of ether oxygens (including phenoxy) is 2. The van der Waals surface area contributed by atoms with Gasteiger partial charge in [0.15, 0.2) is 13.3 Å². The Labute approximate surface area is 80.2 Å². The van der Waals surface area contributed by atoms with Gasteiger partial charge >= 0.3 is 11.9 Å². The van der Waals surface area contributed by atoms with Crippen molar-refractivity contribution in [2.45, 2.75) is 26.1 Å². The number of hydrogen-bond donors (Lipinski definition) is 0. The van der Waals surface area contributed by atoms with Gasteiger partial charge in [-0.1, -0.05) is 0 Å². The van der Waals surface area contributed by atoms with Gasteiger partial charge < -0.3 is 9.47 Å². The molecule has 0 saturated heterocycles. The molecule has 0 aliphatic heterocycles. The Bertz CT molecular complexity index is 186. The number of alkyl halides is 2. The first kappa shape index (κ1) is 12.8. The Morgan fingerprint density at radius 3 is 1.50 bits per heavy atom. The third kappa shape index (κ3) is 4.74. The van der Waals surface area contributed by atoms with Crippen LogP contribution in [0.2, 0.25) is 0 Å². The summed E-state index contributed by atoms with van der Waals surface area (Å²) in [6.07, 6.45) is -1.59. The van der Waals surface area contributed by atoms with E-state index in [0.29, 0.717) is 0 Å². The van der Waals surface area contributed by atoms with Crippen molar-refractivity contribution in [3.63, 3.8) is 0 Å². The van der Waals surface area contributed by atoms with Crippen molar-refractivity contribution >= 4 is 11.9 Å². The number of hydrogen-bond acceptors (Lipinski definition) is 4. The third-order valence-electron chi connectivity index (χ3n) is 1.51. The van der Waals surface area contributed by atoms with E-state index in [0.717, 1.165) is 0 Å². The lowest BCUT2D eigenvalue weighted by atomic mass is 10.2. The molecule has 0 aliphatic rings. The Morgan fingerprint density at radius 1 is 1.00 bits per heavy atom. The monoisotopic (exact) mass is 210 g/mol. The van der Waals surface area contributed by atoms with Gasteiger partial charge in [0.25, 0.3) is 0 Å². The van der Waals surface area contributed by atoms with Crippen LogP contribution >= 0.6 is 0 Å². The van der Waals surface area contributed by atoms with Crippen molar-refractivity contribution in [3.8, 4) is 0 Å². The fourth-order valence-electron chi connectivity index (χ4n) is 0.669. The summed E-state index contributed by atoms with van der Waals surface area (Å²) in [6.45, 7) is 0.357. The van der Waals surface area contributed by atoms with Crippen molar-refractivity contribution in [1.29, 1.82) is 0 Å². The van der Waals surface area contributed by atoms with Crippen molar-refractivity contribution in [3.05, 3.63) is 0 Å². The minimum Gasteiger partial charge on any atom is -0.457 e. The van der Waals surface area contributed by atoms with Crippen LogP contribution in [-0.2, 0) is 19.1 Å². The Kier molecular flexibility index (Phi) is 5.74. The van der Waals surface area contributed by atoms with Gasteiger partial charge in [0.2, 0.25) is 0 Å². The second-order valence-electron chi connectivity index (χ2n) is 2.66. The first-order valence-electron chi connectivity index (χ1n) is 4.02. The maximum absolute atomic E-state index is 11.7. The van der Waals surface area contributed by atoms with E-state index < -0.39 is 37.5 Å². The summed E-state index contributed by atoms with van der Waals surface area (Å²) in [6, 6.07) is 0. The van der Waals surface area contributed by atoms with E-state index in [1.54, 1.807) is 0 Å². The maximum Gasteiger partial charge on any atom is 0.337 e. The fourth-order valence-corrected chi connectivity index (χ4v) is 0.669. The molecule has 0 saturated carbocycles. The first-order chi connectivity index (χ1) is 6.51. The van der Waals surface area contributed by atoms with E-state index in [1.165, 1.54) is 13.8 Å². The van der Waals surface area contributed by atoms with E-state index in [4.69, 9.17) is 0 Å². The van der Waals surface area contributed by atoms with Gasteiger partial charge in [0, 0.05) is 0 Å². The molecule has 0 aliphatic carbocycles. The Hall–Kier alpha value is -1.20. The van der Waals surface area contributed by atoms with Gasteiger partial charge in [-0.2, -0.15) is 0 Å². The highest BCUT2D eigenvalue weighted by Gasteiger charge is 2.20. The molecule has 0 rings (SSSR count). The van der Waals surface area contributed by atoms with Crippen molar-refractivity contribution in [2.24, 2.45) is 0 Å². The van der Waals surface area contributed by atoms with Gasteiger partial charge in [0.1, 0.15) is 12.2 Å². The van der Waals surface area contributed by atoms with Crippen LogP contribution in [0.5, 0.6) is 0 Å². The summed E-state index contributed by atoms with van der Waals surface area (Å²) in [7, 11) is 0. The van der Waals surface area contributed by atoms with Crippen molar-refractivity contribution < 1.29 is 27.8 Å². The van der Waals surface area contributed by atoms with Crippen LogP contribution in [0.25, 0.3) is 0 Å². The minimum atomic E-state index is -1.24. The smallest absolute Gasteiger partial charge is 0.337 e. The highest BCUT2D eigenvalue weighted by molar-refractivity contribution is 5.71. The molecule has 4 nitrogen and oxygen atoms in total. The van der Waals surface area contributed by atoms with Crippen LogP contribution < -0.4 is 0 Å². The molecule has 0 aromatic rings. The summed E-state index contributed by atoms with van der Waals surface area (Å²) in [5, 5.41) is 0. The molecule has 0 bridgehead atoms. The van der Waals surface area contributed by atoms with Gasteiger partial charge in [0.05, 0.1) is 0 Å². The maximum atomic E-state index is 11.7. The molecule has 82 valence electrons. The lowest BCUT2D eigenvalue weighted by Crippen LogP contribution is -2.31. The lowest BCUT2D eigenvalue weighted by Gasteiger charge is -2.19. The van der Waals surface area contributed by atoms with Crippen LogP contribution in [0.1, 0.15) is 13.8 Å². The number of halogens is 2. The number of esters is 2. The SMILES string of the molecule is CC(OC(=O)CF)C(C)OC(=O)CF. The van der Waals surface area contributed by atoms with E-state index in [1.807, 2.05) is 0 Å². The Morgan fingerprint density at radius 2 is 1.29 bits per heavy atom. The Balaban J connectivity index is 3.92. The van der Waals surface area contributed by atoms with E-state index in [2.05, 4.69) is 9.47 Å². The largest absolute Gasteiger partial charge is 0.457 e. The quantitative estimate of drug-likeness (QED) is 0.629. The fraction of sp³-hybridized carbons (Fsp3) is 0.750. The summed E-state index contributed by atoms with van der Waals surface area (Å²) in [5.41, 5.74) is 0. The highest BCUT2D eigenvalue weighted by atomic mass is 19.1. The second-order valence-corrected chi connectivity index (χ2v) is 2.66. The topological polar surface area (TPSA) is 52.6 Å². The molecule has 14 heavy (non-hydrogen) atoms. The van der Waals surface area contributed by atoms with Gasteiger partial charge in [-0.3, -0.25) is 0 Å². The number of carbonyl (C=O) groups is 2. The predicted octanol–water partition coefficient (Wildman–Crippen LogP) is 0.789. The van der Waals surface area contributed by atoms with Crippen LogP contribution in [-0.4, -0.2) is 37.5 Å². The molecule has 6 heteroatoms. The molecule has 0 spiro atoms. The summed E-state index contributed by atoms with van der Waals surface area (Å²) in [4.78, 5) is 20.9. The molecule has 0 radical (unpaired) electrons. The van der Waals surface area contributed by atoms with E-state index >= 15 is 0 Å². The van der Waals surface area contributed by atoms with Crippen LogP contribution in [0.4, 0.5) is 8.78 Å². The highest BCUT2D eigenvalue weighted by Crippen LogP contribution is 2.04. The molecule has 0 N–H and O–H groups in total. The molecule has 0 fully saturated rings. The normalized spacial score (nSPS) is 14.3. The van der Waals surface area contributed by atoms with Crippen LogP contribution in [0.15, 0.2) is 0 Å². The summed E-state index contributed by atoms with van der Waals surface area (Å²) in [5.74, 6) is -2.08. The predicted molar refractivity (Wildman–Crippen MR) is 43.1 cm³/mol. The molecule has 0 amide bonds. The average molecular weight is 210 g/mol. The van der Waals surface area contributed by atoms with Crippen LogP contribution in [0.3, 0.4) is 0 Å². The van der Waals surface area contributed by atoms with Gasteiger partial charge in [-0.05, 0) is 13.8 Å². The summed E-state index contributed by atoms with van der Waals surface area (Å²) >= 11 is 0. The molecular weight excluding hydrogens is 198 g/mol. The van der Waals surface area contributed by atoms with Crippen LogP contribution in [0, 0.1) is 0 Å². The summed E-state index contributed by atoms with van der Waals surface area (Å²) < 4.78 is 32.4. The van der Waals surface area contributed by atoms with Gasteiger partial charge in [-0.25, -0.2) is 18.4 Å². The zero-order chi connectivity index (χ0) is 11.1. The lowest BCUT2D eigenvalue weighted by molar-refractivity contribution is -0.166. The van der Waals surface area contributed by atoms with Crippen molar-refractivity contribution in [2.75, 3.05) is 13.3 Å². The average Bonchev–Trinajstić information content (AvgIpc) is 2.17. The van der Waals surface area contributed by atoms with Crippen molar-refractivity contribution in [1.82, 2.24) is 0 Å². The molecule has 2 unspecified atom stereocenters. The minimum absolute atomic E-state index is 0.797.